The van der Waals surface area contributed by atoms with Gasteiger partial charge in [0.2, 0.25) is 10.0 Å². The first-order chi connectivity index (χ1) is 10.7. The fourth-order valence-electron chi connectivity index (χ4n) is 3.90. The first kappa shape index (κ1) is 16.9. The topological polar surface area (TPSA) is 78.7 Å². The van der Waals surface area contributed by atoms with Crippen molar-refractivity contribution < 1.29 is 13.5 Å². The SMILES string of the molecule is Cc1c(CN2CCC3(CO)CN(S(C)(=O)=O)CC3C2)cnn1C. The van der Waals surface area contributed by atoms with E-state index >= 15 is 0 Å². The molecule has 2 aliphatic rings. The molecule has 0 bridgehead atoms. The maximum absolute atomic E-state index is 11.9. The van der Waals surface area contributed by atoms with Gasteiger partial charge in [-0.3, -0.25) is 9.58 Å². The standard InChI is InChI=1S/C15H26N4O3S/c1-12-13(6-16-17(12)2)7-18-5-4-15(11-20)10-19(23(3,21)22)9-14(15)8-18/h6,14,20H,4-5,7-11H2,1-3H3. The predicted octanol–water partition coefficient (Wildman–Crippen LogP) is -0.196. The smallest absolute Gasteiger partial charge is 0.211 e. The van der Waals surface area contributed by atoms with Gasteiger partial charge in [0.1, 0.15) is 0 Å². The van der Waals surface area contributed by atoms with E-state index in [1.54, 1.807) is 0 Å². The summed E-state index contributed by atoms with van der Waals surface area (Å²) in [6.45, 7) is 5.61. The first-order valence-corrected chi connectivity index (χ1v) is 9.86. The summed E-state index contributed by atoms with van der Waals surface area (Å²) in [7, 11) is -1.26. The van der Waals surface area contributed by atoms with Crippen LogP contribution in [0.5, 0.6) is 0 Å². The molecular weight excluding hydrogens is 316 g/mol. The van der Waals surface area contributed by atoms with Crippen LogP contribution in [0.25, 0.3) is 0 Å². The lowest BCUT2D eigenvalue weighted by Crippen LogP contribution is -2.48. The van der Waals surface area contributed by atoms with Gasteiger partial charge in [0.15, 0.2) is 0 Å². The fraction of sp³-hybridized carbons (Fsp3) is 0.800. The highest BCUT2D eigenvalue weighted by molar-refractivity contribution is 7.88. The molecule has 130 valence electrons. The van der Waals surface area contributed by atoms with Gasteiger partial charge in [0, 0.05) is 49.9 Å². The average Bonchev–Trinajstić information content (AvgIpc) is 3.03. The van der Waals surface area contributed by atoms with Gasteiger partial charge in [0.05, 0.1) is 19.1 Å². The number of aliphatic hydroxyl groups excluding tert-OH is 1. The van der Waals surface area contributed by atoms with Gasteiger partial charge in [-0.25, -0.2) is 12.7 Å². The Morgan fingerprint density at radius 1 is 1.43 bits per heavy atom. The molecule has 3 rings (SSSR count). The molecule has 0 aromatic carbocycles. The number of nitrogens with zero attached hydrogens (tertiary/aromatic N) is 4. The highest BCUT2D eigenvalue weighted by Gasteiger charge is 2.51. The van der Waals surface area contributed by atoms with Crippen molar-refractivity contribution in [3.63, 3.8) is 0 Å². The van der Waals surface area contributed by atoms with Crippen LogP contribution in [0, 0.1) is 18.3 Å². The molecular formula is C15H26N4O3S. The normalized spacial score (nSPS) is 29.8. The van der Waals surface area contributed by atoms with Crippen LogP contribution in [-0.4, -0.2) is 71.6 Å². The second kappa shape index (κ2) is 5.84. The molecule has 1 aromatic heterocycles. The molecule has 8 heteroatoms. The number of aromatic nitrogens is 2. The van der Waals surface area contributed by atoms with Gasteiger partial charge >= 0.3 is 0 Å². The molecule has 1 aromatic rings. The summed E-state index contributed by atoms with van der Waals surface area (Å²) in [5, 5.41) is 14.2. The third-order valence-corrected chi connectivity index (χ3v) is 6.92. The zero-order valence-corrected chi connectivity index (χ0v) is 14.9. The minimum atomic E-state index is -3.20. The molecule has 0 radical (unpaired) electrons. The number of aryl methyl sites for hydroxylation is 1. The average molecular weight is 342 g/mol. The molecule has 2 saturated heterocycles. The lowest BCUT2D eigenvalue weighted by molar-refractivity contribution is 0.0169. The largest absolute Gasteiger partial charge is 0.396 e. The highest BCUT2D eigenvalue weighted by atomic mass is 32.2. The van der Waals surface area contributed by atoms with E-state index in [0.717, 1.165) is 31.7 Å². The number of rotatable bonds is 4. The van der Waals surface area contributed by atoms with Gasteiger partial charge in [0.25, 0.3) is 0 Å². The lowest BCUT2D eigenvalue weighted by Gasteiger charge is -2.42. The summed E-state index contributed by atoms with van der Waals surface area (Å²) >= 11 is 0. The minimum Gasteiger partial charge on any atom is -0.396 e. The van der Waals surface area contributed by atoms with Crippen LogP contribution in [0.3, 0.4) is 0 Å². The Bertz CT molecular complexity index is 687. The van der Waals surface area contributed by atoms with Crippen LogP contribution in [0.15, 0.2) is 6.20 Å². The number of aliphatic hydroxyl groups is 1. The van der Waals surface area contributed by atoms with E-state index in [9.17, 15) is 13.5 Å². The molecule has 0 saturated carbocycles. The quantitative estimate of drug-likeness (QED) is 0.820. The lowest BCUT2D eigenvalue weighted by atomic mass is 9.73. The van der Waals surface area contributed by atoms with Crippen molar-refractivity contribution in [1.82, 2.24) is 19.0 Å². The van der Waals surface area contributed by atoms with Crippen LogP contribution in [0.4, 0.5) is 0 Å². The molecule has 2 fully saturated rings. The van der Waals surface area contributed by atoms with E-state index in [2.05, 4.69) is 16.9 Å². The van der Waals surface area contributed by atoms with Crippen LogP contribution >= 0.6 is 0 Å². The molecule has 23 heavy (non-hydrogen) atoms. The van der Waals surface area contributed by atoms with E-state index < -0.39 is 10.0 Å². The van der Waals surface area contributed by atoms with E-state index in [0.29, 0.717) is 13.1 Å². The fourth-order valence-corrected chi connectivity index (χ4v) is 4.84. The Labute approximate surface area is 137 Å². The first-order valence-electron chi connectivity index (χ1n) is 8.01. The number of piperidine rings is 1. The summed E-state index contributed by atoms with van der Waals surface area (Å²) in [5.41, 5.74) is 2.10. The number of hydrogen-bond donors (Lipinski definition) is 1. The molecule has 0 amide bonds. The molecule has 0 spiro atoms. The Kier molecular flexibility index (Phi) is 4.29. The summed E-state index contributed by atoms with van der Waals surface area (Å²) in [5.74, 6) is 0.188. The maximum Gasteiger partial charge on any atom is 0.211 e. The zero-order valence-electron chi connectivity index (χ0n) is 14.1. The minimum absolute atomic E-state index is 0.0590. The monoisotopic (exact) mass is 342 g/mol. The molecule has 2 atom stereocenters. The van der Waals surface area contributed by atoms with E-state index in [-0.39, 0.29) is 17.9 Å². The summed E-state index contributed by atoms with van der Waals surface area (Å²) in [4.78, 5) is 2.36. The number of hydrogen-bond acceptors (Lipinski definition) is 5. The second-order valence-corrected chi connectivity index (χ2v) is 9.12. The molecule has 1 N–H and O–H groups in total. The van der Waals surface area contributed by atoms with Gasteiger partial charge in [-0.2, -0.15) is 5.10 Å². The van der Waals surface area contributed by atoms with Gasteiger partial charge in [-0.15, -0.1) is 0 Å². The van der Waals surface area contributed by atoms with Crippen molar-refractivity contribution in [1.29, 1.82) is 0 Å². The van der Waals surface area contributed by atoms with Crippen LogP contribution in [0.1, 0.15) is 17.7 Å². The molecule has 2 unspecified atom stereocenters. The van der Waals surface area contributed by atoms with E-state index in [1.807, 2.05) is 17.9 Å². The van der Waals surface area contributed by atoms with E-state index in [1.165, 1.54) is 16.1 Å². The Hall–Kier alpha value is -0.960. The third kappa shape index (κ3) is 3.05. The van der Waals surface area contributed by atoms with Crippen molar-refractivity contribution in [2.75, 3.05) is 39.0 Å². The second-order valence-electron chi connectivity index (χ2n) is 7.14. The summed E-state index contributed by atoms with van der Waals surface area (Å²) in [6.07, 6.45) is 3.99. The summed E-state index contributed by atoms with van der Waals surface area (Å²) in [6, 6.07) is 0. The Morgan fingerprint density at radius 3 is 2.74 bits per heavy atom. The van der Waals surface area contributed by atoms with Gasteiger partial charge in [-0.1, -0.05) is 0 Å². The number of fused-ring (bicyclic) bond motifs is 1. The van der Waals surface area contributed by atoms with Gasteiger partial charge < -0.3 is 5.11 Å². The summed E-state index contributed by atoms with van der Waals surface area (Å²) < 4.78 is 27.2. The van der Waals surface area contributed by atoms with Crippen LogP contribution in [0.2, 0.25) is 0 Å². The van der Waals surface area contributed by atoms with Crippen LogP contribution < -0.4 is 0 Å². The van der Waals surface area contributed by atoms with E-state index in [4.69, 9.17) is 0 Å². The van der Waals surface area contributed by atoms with Crippen molar-refractivity contribution in [3.05, 3.63) is 17.5 Å². The Morgan fingerprint density at radius 2 is 2.17 bits per heavy atom. The zero-order chi connectivity index (χ0) is 16.8. The number of likely N-dealkylation sites (tertiary alicyclic amines) is 1. The maximum atomic E-state index is 11.9. The Balaban J connectivity index is 1.73. The van der Waals surface area contributed by atoms with Crippen molar-refractivity contribution in [2.24, 2.45) is 18.4 Å². The molecule has 2 aliphatic heterocycles. The van der Waals surface area contributed by atoms with Crippen molar-refractivity contribution in [3.8, 4) is 0 Å². The van der Waals surface area contributed by atoms with Crippen LogP contribution in [-0.2, 0) is 23.6 Å². The van der Waals surface area contributed by atoms with Crippen molar-refractivity contribution in [2.45, 2.75) is 19.9 Å². The predicted molar refractivity (Wildman–Crippen MR) is 87.3 cm³/mol. The molecule has 7 nitrogen and oxygen atoms in total. The molecule has 0 aliphatic carbocycles. The highest BCUT2D eigenvalue weighted by Crippen LogP contribution is 2.43. The molecule has 3 heterocycles. The number of sulfonamides is 1. The van der Waals surface area contributed by atoms with Crippen molar-refractivity contribution >= 4 is 10.0 Å². The third-order valence-electron chi connectivity index (χ3n) is 5.70. The van der Waals surface area contributed by atoms with Gasteiger partial charge in [-0.05, 0) is 25.8 Å².